The summed E-state index contributed by atoms with van der Waals surface area (Å²) in [5.74, 6) is 0.737. The zero-order valence-electron chi connectivity index (χ0n) is 21.6. The third kappa shape index (κ3) is 6.27. The SMILES string of the molecule is CCS(=O)(=O)c1ccc(CNC(=O)c2ccc3c(c2)CN(Cc2ccc(C#N)cc2)C[C@H]3C(C)C)cc1. The van der Waals surface area contributed by atoms with Crippen molar-refractivity contribution in [3.05, 3.63) is 100 Å². The summed E-state index contributed by atoms with van der Waals surface area (Å²) >= 11 is 0. The van der Waals surface area contributed by atoms with Gasteiger partial charge in [-0.15, -0.1) is 0 Å². The van der Waals surface area contributed by atoms with Gasteiger partial charge in [-0.1, -0.05) is 51.1 Å². The van der Waals surface area contributed by atoms with Crippen LogP contribution in [0.4, 0.5) is 0 Å². The lowest BCUT2D eigenvalue weighted by atomic mass is 9.81. The van der Waals surface area contributed by atoms with E-state index in [4.69, 9.17) is 5.26 Å². The molecular weight excluding hydrogens is 482 g/mol. The van der Waals surface area contributed by atoms with Crippen molar-refractivity contribution in [1.29, 1.82) is 5.26 Å². The van der Waals surface area contributed by atoms with E-state index in [1.54, 1.807) is 31.2 Å². The van der Waals surface area contributed by atoms with Crippen LogP contribution in [0.3, 0.4) is 0 Å². The number of nitrogens with zero attached hydrogens (tertiary/aromatic N) is 2. The first-order valence-corrected chi connectivity index (χ1v) is 14.3. The molecule has 1 N–H and O–H groups in total. The van der Waals surface area contributed by atoms with E-state index in [1.807, 2.05) is 36.4 Å². The van der Waals surface area contributed by atoms with E-state index in [0.717, 1.165) is 30.8 Å². The summed E-state index contributed by atoms with van der Waals surface area (Å²) in [5.41, 5.74) is 5.75. The van der Waals surface area contributed by atoms with E-state index in [9.17, 15) is 13.2 Å². The molecule has 1 amide bonds. The second-order valence-corrected chi connectivity index (χ2v) is 12.3. The minimum Gasteiger partial charge on any atom is -0.348 e. The van der Waals surface area contributed by atoms with Crippen LogP contribution in [0.2, 0.25) is 0 Å². The predicted molar refractivity (Wildman–Crippen MR) is 145 cm³/mol. The molecule has 37 heavy (non-hydrogen) atoms. The van der Waals surface area contributed by atoms with Crippen LogP contribution in [0.25, 0.3) is 0 Å². The minimum atomic E-state index is -3.24. The van der Waals surface area contributed by atoms with Gasteiger partial charge in [0.15, 0.2) is 9.84 Å². The van der Waals surface area contributed by atoms with Gasteiger partial charge in [0.25, 0.3) is 5.91 Å². The van der Waals surface area contributed by atoms with Crippen LogP contribution in [0.15, 0.2) is 71.6 Å². The lowest BCUT2D eigenvalue weighted by Crippen LogP contribution is -2.35. The summed E-state index contributed by atoms with van der Waals surface area (Å²) in [5, 5.41) is 12.0. The van der Waals surface area contributed by atoms with Crippen molar-refractivity contribution in [3.63, 3.8) is 0 Å². The lowest BCUT2D eigenvalue weighted by Gasteiger charge is -2.37. The largest absolute Gasteiger partial charge is 0.348 e. The van der Waals surface area contributed by atoms with E-state index in [2.05, 4.69) is 36.2 Å². The average Bonchev–Trinajstić information content (AvgIpc) is 2.91. The fourth-order valence-corrected chi connectivity index (χ4v) is 5.71. The second kappa shape index (κ2) is 11.3. The van der Waals surface area contributed by atoms with Crippen molar-refractivity contribution in [1.82, 2.24) is 10.2 Å². The molecule has 0 saturated carbocycles. The maximum Gasteiger partial charge on any atom is 0.251 e. The average molecular weight is 516 g/mol. The van der Waals surface area contributed by atoms with Crippen molar-refractivity contribution >= 4 is 15.7 Å². The van der Waals surface area contributed by atoms with Crippen LogP contribution in [0, 0.1) is 17.2 Å². The Balaban J connectivity index is 1.46. The first kappa shape index (κ1) is 26.6. The van der Waals surface area contributed by atoms with Crippen molar-refractivity contribution in [2.24, 2.45) is 5.92 Å². The summed E-state index contributed by atoms with van der Waals surface area (Å²) in [6, 6.07) is 22.5. The molecule has 0 saturated heterocycles. The number of rotatable bonds is 8. The fraction of sp³-hybridized carbons (Fsp3) is 0.333. The maximum absolute atomic E-state index is 13.0. The number of hydrogen-bond acceptors (Lipinski definition) is 5. The molecule has 6 nitrogen and oxygen atoms in total. The number of sulfone groups is 1. The van der Waals surface area contributed by atoms with Crippen LogP contribution in [-0.2, 0) is 29.5 Å². The van der Waals surface area contributed by atoms with E-state index >= 15 is 0 Å². The number of benzene rings is 3. The maximum atomic E-state index is 13.0. The van der Waals surface area contributed by atoms with Crippen molar-refractivity contribution in [3.8, 4) is 6.07 Å². The van der Waals surface area contributed by atoms with Crippen molar-refractivity contribution < 1.29 is 13.2 Å². The van der Waals surface area contributed by atoms with E-state index < -0.39 is 9.84 Å². The third-order valence-electron chi connectivity index (χ3n) is 7.06. The molecule has 0 fully saturated rings. The Hall–Kier alpha value is -3.47. The van der Waals surface area contributed by atoms with E-state index in [-0.39, 0.29) is 11.7 Å². The number of amides is 1. The molecule has 192 valence electrons. The smallest absolute Gasteiger partial charge is 0.251 e. The Kier molecular flexibility index (Phi) is 8.11. The summed E-state index contributed by atoms with van der Waals surface area (Å²) in [6.07, 6.45) is 0. The molecule has 1 aliphatic heterocycles. The van der Waals surface area contributed by atoms with Gasteiger partial charge < -0.3 is 5.32 Å². The first-order chi connectivity index (χ1) is 17.7. The van der Waals surface area contributed by atoms with Crippen LogP contribution < -0.4 is 5.32 Å². The van der Waals surface area contributed by atoms with E-state index in [1.165, 1.54) is 11.1 Å². The Morgan fingerprint density at radius 1 is 1.05 bits per heavy atom. The van der Waals surface area contributed by atoms with Crippen LogP contribution >= 0.6 is 0 Å². The zero-order valence-corrected chi connectivity index (χ0v) is 22.4. The molecule has 3 aromatic carbocycles. The number of carbonyl (C=O) groups excluding carboxylic acids is 1. The highest BCUT2D eigenvalue weighted by atomic mass is 32.2. The molecule has 1 atom stereocenters. The highest BCUT2D eigenvalue weighted by Crippen LogP contribution is 2.34. The summed E-state index contributed by atoms with van der Waals surface area (Å²) in [7, 11) is -3.24. The van der Waals surface area contributed by atoms with Gasteiger partial charge in [0, 0.05) is 31.7 Å². The molecule has 1 aliphatic rings. The number of carbonyl (C=O) groups is 1. The molecule has 0 aliphatic carbocycles. The highest BCUT2D eigenvalue weighted by molar-refractivity contribution is 7.91. The molecule has 3 aromatic rings. The third-order valence-corrected chi connectivity index (χ3v) is 8.81. The Bertz CT molecular complexity index is 1410. The molecule has 4 rings (SSSR count). The number of nitriles is 1. The molecule has 0 radical (unpaired) electrons. The lowest BCUT2D eigenvalue weighted by molar-refractivity contribution is 0.0950. The minimum absolute atomic E-state index is 0.0595. The molecule has 0 bridgehead atoms. The molecule has 1 heterocycles. The van der Waals surface area contributed by atoms with Crippen LogP contribution in [-0.4, -0.2) is 31.5 Å². The molecule has 0 aromatic heterocycles. The van der Waals surface area contributed by atoms with Gasteiger partial charge in [0.1, 0.15) is 0 Å². The van der Waals surface area contributed by atoms with E-state index in [0.29, 0.717) is 34.4 Å². The molecule has 0 spiro atoms. The van der Waals surface area contributed by atoms with Gasteiger partial charge in [0.2, 0.25) is 0 Å². The normalized spacial score (nSPS) is 15.7. The Labute approximate surface area is 219 Å². The number of nitrogens with one attached hydrogen (secondary N) is 1. The molecule has 7 heteroatoms. The number of fused-ring (bicyclic) bond motifs is 1. The van der Waals surface area contributed by atoms with Crippen molar-refractivity contribution in [2.75, 3.05) is 12.3 Å². The first-order valence-electron chi connectivity index (χ1n) is 12.6. The van der Waals surface area contributed by atoms with Gasteiger partial charge >= 0.3 is 0 Å². The second-order valence-electron chi connectivity index (χ2n) is 9.97. The van der Waals surface area contributed by atoms with Gasteiger partial charge in [-0.05, 0) is 70.5 Å². The van der Waals surface area contributed by atoms with Crippen LogP contribution in [0.1, 0.15) is 64.9 Å². The Morgan fingerprint density at radius 2 is 1.73 bits per heavy atom. The van der Waals surface area contributed by atoms with Gasteiger partial charge in [-0.25, -0.2) is 8.42 Å². The van der Waals surface area contributed by atoms with Gasteiger partial charge in [-0.3, -0.25) is 9.69 Å². The summed E-state index contributed by atoms with van der Waals surface area (Å²) in [6.45, 7) is 8.90. The monoisotopic (exact) mass is 515 g/mol. The van der Waals surface area contributed by atoms with Gasteiger partial charge in [0.05, 0.1) is 22.3 Å². The zero-order chi connectivity index (χ0) is 26.6. The fourth-order valence-electron chi connectivity index (χ4n) is 4.83. The number of hydrogen-bond donors (Lipinski definition) is 1. The molecule has 0 unspecified atom stereocenters. The van der Waals surface area contributed by atoms with Crippen LogP contribution in [0.5, 0.6) is 0 Å². The van der Waals surface area contributed by atoms with Gasteiger partial charge in [-0.2, -0.15) is 5.26 Å². The topological polar surface area (TPSA) is 90.3 Å². The molecular formula is C30H33N3O3S. The summed E-state index contributed by atoms with van der Waals surface area (Å²) < 4.78 is 24.0. The quantitative estimate of drug-likeness (QED) is 0.454. The standard InChI is InChI=1S/C30H33N3O3S/c1-4-37(35,36)27-12-9-23(10-13-27)17-32-30(34)25-11-14-28-26(15-25)19-33(20-29(28)21(2)3)18-24-7-5-22(16-31)6-8-24/h5-15,21,29H,4,17-20H2,1-3H3,(H,32,34)/t29-/m0/s1. The Morgan fingerprint density at radius 3 is 2.35 bits per heavy atom. The predicted octanol–water partition coefficient (Wildman–Crippen LogP) is 5.04. The summed E-state index contributed by atoms with van der Waals surface area (Å²) in [4.78, 5) is 15.7. The highest BCUT2D eigenvalue weighted by Gasteiger charge is 2.28. The van der Waals surface area contributed by atoms with Crippen molar-refractivity contribution in [2.45, 2.75) is 51.2 Å².